The Kier molecular flexibility index (Phi) is 2.30. The summed E-state index contributed by atoms with van der Waals surface area (Å²) in [6.07, 6.45) is 4.13. The van der Waals surface area contributed by atoms with E-state index in [0.717, 1.165) is 22.8 Å². The largest absolute Gasteiger partial charge is 0.0837 e. The van der Waals surface area contributed by atoms with Crippen LogP contribution in [0.5, 0.6) is 0 Å². The molecule has 2 bridgehead atoms. The number of hydrogen-bond donors (Lipinski definition) is 0. The van der Waals surface area contributed by atoms with Gasteiger partial charge in [-0.2, -0.15) is 0 Å². The van der Waals surface area contributed by atoms with Gasteiger partial charge in [-0.05, 0) is 59.8 Å². The lowest BCUT2D eigenvalue weighted by atomic mass is 9.66. The number of benzene rings is 2. The van der Waals surface area contributed by atoms with E-state index in [1.807, 2.05) is 6.07 Å². The summed E-state index contributed by atoms with van der Waals surface area (Å²) in [5.74, 6) is 2.54. The van der Waals surface area contributed by atoms with Crippen molar-refractivity contribution in [1.29, 1.82) is 0 Å². The molecule has 3 unspecified atom stereocenters. The van der Waals surface area contributed by atoms with Crippen molar-refractivity contribution < 1.29 is 0 Å². The van der Waals surface area contributed by atoms with Gasteiger partial charge in [0.25, 0.3) is 0 Å². The number of rotatable bonds is 0. The molecule has 0 saturated heterocycles. The fourth-order valence-corrected chi connectivity index (χ4v) is 6.10. The molecule has 3 aliphatic carbocycles. The first-order valence-electron chi connectivity index (χ1n) is 8.12. The number of hydrogen-bond acceptors (Lipinski definition) is 0. The lowest BCUT2D eigenvalue weighted by Gasteiger charge is -2.36. The first-order valence-corrected chi connectivity index (χ1v) is 8.50. The molecule has 2 aromatic carbocycles. The monoisotopic (exact) mass is 294 g/mol. The Morgan fingerprint density at radius 3 is 2.57 bits per heavy atom. The molecule has 2 fully saturated rings. The average molecular weight is 295 g/mol. The molecule has 21 heavy (non-hydrogen) atoms. The maximum Gasteiger partial charge on any atom is 0.0487 e. The Morgan fingerprint density at radius 1 is 1.00 bits per heavy atom. The molecule has 1 spiro atoms. The van der Waals surface area contributed by atoms with Gasteiger partial charge in [0.05, 0.1) is 0 Å². The van der Waals surface area contributed by atoms with Crippen LogP contribution < -0.4 is 0 Å². The van der Waals surface area contributed by atoms with Gasteiger partial charge >= 0.3 is 0 Å². The third kappa shape index (κ3) is 1.29. The Labute approximate surface area is 131 Å². The summed E-state index contributed by atoms with van der Waals surface area (Å²) in [6, 6.07) is 15.5. The zero-order chi connectivity index (χ0) is 14.2. The first-order chi connectivity index (χ1) is 10.2. The fraction of sp³-hybridized carbons (Fsp3) is 0.400. The third-order valence-corrected chi connectivity index (χ3v) is 6.93. The molecule has 0 heterocycles. The maximum absolute atomic E-state index is 6.60. The van der Waals surface area contributed by atoms with Crippen molar-refractivity contribution in [2.45, 2.75) is 31.6 Å². The molecule has 0 radical (unpaired) electrons. The van der Waals surface area contributed by atoms with Crippen LogP contribution in [-0.4, -0.2) is 0 Å². The molecule has 4 atom stereocenters. The van der Waals surface area contributed by atoms with Crippen LogP contribution in [0.4, 0.5) is 0 Å². The summed E-state index contributed by atoms with van der Waals surface area (Å²) in [6.45, 7) is 2.47. The molecule has 2 aromatic rings. The summed E-state index contributed by atoms with van der Waals surface area (Å²) in [5, 5.41) is 0.923. The highest BCUT2D eigenvalue weighted by atomic mass is 35.5. The zero-order valence-electron chi connectivity index (χ0n) is 12.3. The van der Waals surface area contributed by atoms with Crippen molar-refractivity contribution in [2.24, 2.45) is 17.8 Å². The Hall–Kier alpha value is -1.27. The van der Waals surface area contributed by atoms with Gasteiger partial charge in [0.1, 0.15) is 0 Å². The SMILES string of the molecule is C[C@H]1C2CCC1C1(C2)c2ccccc2-c2c(Cl)cccc21. The second-order valence-corrected chi connectivity index (χ2v) is 7.59. The molecule has 5 rings (SSSR count). The normalized spacial score (nSPS) is 35.2. The van der Waals surface area contributed by atoms with E-state index in [0.29, 0.717) is 0 Å². The molecule has 106 valence electrons. The fourth-order valence-electron chi connectivity index (χ4n) is 5.82. The van der Waals surface area contributed by atoms with Gasteiger partial charge in [-0.3, -0.25) is 0 Å². The highest BCUT2D eigenvalue weighted by Gasteiger charge is 2.60. The molecule has 0 nitrogen and oxygen atoms in total. The molecule has 0 N–H and O–H groups in total. The van der Waals surface area contributed by atoms with Crippen LogP contribution >= 0.6 is 11.6 Å². The predicted molar refractivity (Wildman–Crippen MR) is 87.7 cm³/mol. The number of halogens is 1. The molecule has 3 aliphatic rings. The van der Waals surface area contributed by atoms with E-state index in [2.05, 4.69) is 43.3 Å². The Bertz CT molecular complexity index is 747. The van der Waals surface area contributed by atoms with Crippen LogP contribution in [0.25, 0.3) is 11.1 Å². The molecule has 2 saturated carbocycles. The van der Waals surface area contributed by atoms with Crippen molar-refractivity contribution >= 4 is 11.6 Å². The quantitative estimate of drug-likeness (QED) is 0.587. The minimum absolute atomic E-state index is 0.249. The smallest absolute Gasteiger partial charge is 0.0487 e. The lowest BCUT2D eigenvalue weighted by Crippen LogP contribution is -2.32. The van der Waals surface area contributed by atoms with E-state index in [-0.39, 0.29) is 5.41 Å². The summed E-state index contributed by atoms with van der Waals surface area (Å²) in [5.41, 5.74) is 6.01. The summed E-state index contributed by atoms with van der Waals surface area (Å²) in [7, 11) is 0. The van der Waals surface area contributed by atoms with Crippen LogP contribution in [-0.2, 0) is 5.41 Å². The Morgan fingerprint density at radius 2 is 1.81 bits per heavy atom. The summed E-state index contributed by atoms with van der Waals surface area (Å²) >= 11 is 6.60. The summed E-state index contributed by atoms with van der Waals surface area (Å²) < 4.78 is 0. The molecule has 1 heteroatoms. The first kappa shape index (κ1) is 12.3. The molecule has 0 aliphatic heterocycles. The van der Waals surface area contributed by atoms with Gasteiger partial charge in [0.15, 0.2) is 0 Å². The standard InChI is InChI=1S/C20H19Cl/c1-12-13-9-10-15(12)20(11-13)16-6-3-2-5-14(16)19-17(20)7-4-8-18(19)21/h2-8,12-13,15H,9-11H2,1H3/t12-,13?,15?,20?/m0/s1. The maximum atomic E-state index is 6.60. The van der Waals surface area contributed by atoms with Gasteiger partial charge in [0, 0.05) is 16.0 Å². The second kappa shape index (κ2) is 3.93. The van der Waals surface area contributed by atoms with Gasteiger partial charge < -0.3 is 0 Å². The van der Waals surface area contributed by atoms with Crippen LogP contribution in [0.15, 0.2) is 42.5 Å². The molecular formula is C20H19Cl. The van der Waals surface area contributed by atoms with E-state index in [9.17, 15) is 0 Å². The van der Waals surface area contributed by atoms with Crippen molar-refractivity contribution in [1.82, 2.24) is 0 Å². The van der Waals surface area contributed by atoms with Gasteiger partial charge in [-0.15, -0.1) is 0 Å². The van der Waals surface area contributed by atoms with Crippen LogP contribution in [0.1, 0.15) is 37.3 Å². The van der Waals surface area contributed by atoms with Crippen molar-refractivity contribution in [2.75, 3.05) is 0 Å². The highest BCUT2D eigenvalue weighted by molar-refractivity contribution is 6.33. The summed E-state index contributed by atoms with van der Waals surface area (Å²) in [4.78, 5) is 0. The van der Waals surface area contributed by atoms with Gasteiger partial charge in [-0.25, -0.2) is 0 Å². The minimum Gasteiger partial charge on any atom is -0.0837 e. The van der Waals surface area contributed by atoms with Gasteiger partial charge in [-0.1, -0.05) is 54.9 Å². The molecule has 0 aromatic heterocycles. The van der Waals surface area contributed by atoms with Crippen LogP contribution in [0.2, 0.25) is 5.02 Å². The van der Waals surface area contributed by atoms with Crippen LogP contribution in [0.3, 0.4) is 0 Å². The third-order valence-electron chi connectivity index (χ3n) is 6.62. The second-order valence-electron chi connectivity index (χ2n) is 7.19. The van der Waals surface area contributed by atoms with Crippen molar-refractivity contribution in [3.63, 3.8) is 0 Å². The van der Waals surface area contributed by atoms with E-state index in [1.54, 1.807) is 5.56 Å². The predicted octanol–water partition coefficient (Wildman–Crippen LogP) is 5.67. The molecular weight excluding hydrogens is 276 g/mol. The van der Waals surface area contributed by atoms with E-state index in [4.69, 9.17) is 11.6 Å². The van der Waals surface area contributed by atoms with Gasteiger partial charge in [0.2, 0.25) is 0 Å². The topological polar surface area (TPSA) is 0 Å². The van der Waals surface area contributed by atoms with Crippen molar-refractivity contribution in [3.8, 4) is 11.1 Å². The molecule has 0 amide bonds. The van der Waals surface area contributed by atoms with E-state index in [1.165, 1.54) is 36.0 Å². The Balaban J connectivity index is 1.88. The average Bonchev–Trinajstić information content (AvgIpc) is 3.10. The highest BCUT2D eigenvalue weighted by Crippen LogP contribution is 2.68. The van der Waals surface area contributed by atoms with Crippen LogP contribution in [0, 0.1) is 17.8 Å². The number of fused-ring (bicyclic) bond motifs is 8. The minimum atomic E-state index is 0.249. The van der Waals surface area contributed by atoms with E-state index >= 15 is 0 Å². The van der Waals surface area contributed by atoms with E-state index < -0.39 is 0 Å². The zero-order valence-corrected chi connectivity index (χ0v) is 13.0. The lowest BCUT2D eigenvalue weighted by molar-refractivity contribution is 0.316. The van der Waals surface area contributed by atoms with Crippen molar-refractivity contribution in [3.05, 3.63) is 58.6 Å².